The van der Waals surface area contributed by atoms with Crippen LogP contribution in [0.3, 0.4) is 0 Å². The Morgan fingerprint density at radius 2 is 2.11 bits per heavy atom. The molecule has 104 valence electrons. The average molecular weight is 264 g/mol. The van der Waals surface area contributed by atoms with Crippen molar-refractivity contribution in [1.29, 1.82) is 0 Å². The largest absolute Gasteiger partial charge is 0.442 e. The van der Waals surface area contributed by atoms with Crippen LogP contribution in [-0.4, -0.2) is 39.8 Å². The first-order valence-corrected chi connectivity index (χ1v) is 6.44. The molecule has 0 N–H and O–H groups in total. The number of aromatic nitrogens is 2. The molecule has 0 aromatic carbocycles. The van der Waals surface area contributed by atoms with Crippen molar-refractivity contribution in [2.45, 2.75) is 39.7 Å². The molecule has 0 radical (unpaired) electrons. The summed E-state index contributed by atoms with van der Waals surface area (Å²) in [4.78, 5) is 20.7. The third kappa shape index (κ3) is 3.33. The fourth-order valence-corrected chi connectivity index (χ4v) is 1.88. The predicted octanol–water partition coefficient (Wildman–Crippen LogP) is 2.15. The minimum atomic E-state index is -0.501. The third-order valence-electron chi connectivity index (χ3n) is 2.65. The fraction of sp³-hybridized carbons (Fsp3) is 0.615. The number of hydrogen-bond acceptors (Lipinski definition) is 5. The molecule has 6 heteroatoms. The average Bonchev–Trinajstić information content (AvgIpc) is 2.75. The van der Waals surface area contributed by atoms with Gasteiger partial charge in [0.15, 0.2) is 0 Å². The van der Waals surface area contributed by atoms with Crippen LogP contribution >= 0.6 is 0 Å². The van der Waals surface area contributed by atoms with Crippen LogP contribution in [0.25, 0.3) is 0 Å². The summed E-state index contributed by atoms with van der Waals surface area (Å²) in [5.74, 6) is 0.545. The van der Waals surface area contributed by atoms with Crippen LogP contribution in [0.5, 0.6) is 0 Å². The van der Waals surface area contributed by atoms with Gasteiger partial charge in [-0.1, -0.05) is 0 Å². The molecule has 0 aliphatic carbocycles. The minimum Gasteiger partial charge on any atom is -0.442 e. The normalized spacial score (nSPS) is 15.8. The summed E-state index contributed by atoms with van der Waals surface area (Å²) in [6.07, 6.45) is 2.23. The fourth-order valence-electron chi connectivity index (χ4n) is 1.88. The Morgan fingerprint density at radius 1 is 1.37 bits per heavy atom. The molecule has 0 unspecified atom stereocenters. The van der Waals surface area contributed by atoms with E-state index in [1.54, 1.807) is 16.2 Å². The molecule has 2 rings (SSSR count). The Kier molecular flexibility index (Phi) is 3.59. The monoisotopic (exact) mass is 264 g/mol. The lowest BCUT2D eigenvalue weighted by molar-refractivity contribution is 0.0271. The van der Waals surface area contributed by atoms with Crippen molar-refractivity contribution in [1.82, 2.24) is 15.0 Å². The topological polar surface area (TPSA) is 58.6 Å². The Bertz CT molecular complexity index is 470. The number of hydrogen-bond donors (Lipinski definition) is 0. The molecule has 1 aliphatic heterocycles. The number of anilines is 1. The zero-order valence-electron chi connectivity index (χ0n) is 11.9. The zero-order chi connectivity index (χ0) is 14.0. The van der Waals surface area contributed by atoms with Gasteiger partial charge in [-0.25, -0.2) is 24.8 Å². The van der Waals surface area contributed by atoms with E-state index in [-0.39, 0.29) is 6.09 Å². The molecule has 1 aromatic rings. The number of carbonyl (C=O) groups excluding carboxylic acids is 1. The van der Waals surface area contributed by atoms with Crippen molar-refractivity contribution in [3.05, 3.63) is 18.0 Å². The number of rotatable bonds is 1. The van der Waals surface area contributed by atoms with Crippen molar-refractivity contribution in [3.8, 4) is 0 Å². The lowest BCUT2D eigenvalue weighted by atomic mass is 10.2. The Hall–Kier alpha value is -1.85. The van der Waals surface area contributed by atoms with Gasteiger partial charge in [0.05, 0.1) is 0 Å². The van der Waals surface area contributed by atoms with E-state index < -0.39 is 5.60 Å². The maximum absolute atomic E-state index is 12.1. The summed E-state index contributed by atoms with van der Waals surface area (Å²) in [7, 11) is 0. The lowest BCUT2D eigenvalue weighted by Gasteiger charge is -2.30. The van der Waals surface area contributed by atoms with Crippen molar-refractivity contribution < 1.29 is 9.53 Å². The third-order valence-corrected chi connectivity index (χ3v) is 2.65. The molecule has 0 atom stereocenters. The van der Waals surface area contributed by atoms with Gasteiger partial charge in [0.1, 0.15) is 5.60 Å². The molecular weight excluding hydrogens is 244 g/mol. The SMILES string of the molecule is Cc1ccnc(N2CCCN2C(=O)OC(C)(C)C)n1. The molecule has 1 fully saturated rings. The van der Waals surface area contributed by atoms with E-state index in [0.717, 1.165) is 18.7 Å². The Balaban J connectivity index is 2.15. The first-order valence-electron chi connectivity index (χ1n) is 6.44. The molecule has 0 spiro atoms. The Morgan fingerprint density at radius 3 is 2.74 bits per heavy atom. The van der Waals surface area contributed by atoms with Gasteiger partial charge in [0, 0.05) is 25.0 Å². The highest BCUT2D eigenvalue weighted by molar-refractivity contribution is 5.70. The first kappa shape index (κ1) is 13.6. The van der Waals surface area contributed by atoms with Crippen LogP contribution in [0.4, 0.5) is 10.7 Å². The standard InChI is InChI=1S/C13H20N4O2/c1-10-6-7-14-11(15-10)16-8-5-9-17(16)12(18)19-13(2,3)4/h6-7H,5,8-9H2,1-4H3. The van der Waals surface area contributed by atoms with Gasteiger partial charge in [0.25, 0.3) is 0 Å². The maximum Gasteiger partial charge on any atom is 0.429 e. The molecule has 1 aliphatic rings. The minimum absolute atomic E-state index is 0.352. The van der Waals surface area contributed by atoms with Crippen LogP contribution < -0.4 is 5.01 Å². The van der Waals surface area contributed by atoms with Crippen LogP contribution in [0.15, 0.2) is 12.3 Å². The van der Waals surface area contributed by atoms with Gasteiger partial charge < -0.3 is 4.74 Å². The van der Waals surface area contributed by atoms with Gasteiger partial charge in [-0.15, -0.1) is 0 Å². The van der Waals surface area contributed by atoms with Gasteiger partial charge in [-0.05, 0) is 40.2 Å². The number of ether oxygens (including phenoxy) is 1. The molecule has 1 amide bonds. The van der Waals surface area contributed by atoms with Gasteiger partial charge >= 0.3 is 6.09 Å². The summed E-state index contributed by atoms with van der Waals surface area (Å²) in [6, 6.07) is 1.83. The highest BCUT2D eigenvalue weighted by Gasteiger charge is 2.32. The van der Waals surface area contributed by atoms with Gasteiger partial charge in [-0.3, -0.25) is 0 Å². The second-order valence-corrected chi connectivity index (χ2v) is 5.58. The molecule has 0 bridgehead atoms. The summed E-state index contributed by atoms with van der Waals surface area (Å²) < 4.78 is 5.39. The van der Waals surface area contributed by atoms with Crippen molar-refractivity contribution in [2.75, 3.05) is 18.1 Å². The smallest absolute Gasteiger partial charge is 0.429 e. The maximum atomic E-state index is 12.1. The van der Waals surface area contributed by atoms with E-state index in [1.165, 1.54) is 0 Å². The van der Waals surface area contributed by atoms with Crippen molar-refractivity contribution in [3.63, 3.8) is 0 Å². The molecule has 2 heterocycles. The van der Waals surface area contributed by atoms with E-state index in [9.17, 15) is 4.79 Å². The van der Waals surface area contributed by atoms with E-state index in [0.29, 0.717) is 12.5 Å². The highest BCUT2D eigenvalue weighted by atomic mass is 16.6. The molecular formula is C13H20N4O2. The zero-order valence-corrected chi connectivity index (χ0v) is 11.9. The number of amides is 1. The first-order chi connectivity index (χ1) is 8.87. The van der Waals surface area contributed by atoms with Gasteiger partial charge in [0.2, 0.25) is 5.95 Å². The van der Waals surface area contributed by atoms with Crippen molar-refractivity contribution >= 4 is 12.0 Å². The number of aryl methyl sites for hydroxylation is 1. The van der Waals surface area contributed by atoms with Crippen molar-refractivity contribution in [2.24, 2.45) is 0 Å². The van der Waals surface area contributed by atoms with Crippen LogP contribution in [-0.2, 0) is 4.74 Å². The number of hydrazine groups is 1. The van der Waals surface area contributed by atoms with Crippen LogP contribution in [0.2, 0.25) is 0 Å². The summed E-state index contributed by atoms with van der Waals surface area (Å²) in [5, 5.41) is 3.35. The van der Waals surface area contributed by atoms with Gasteiger partial charge in [-0.2, -0.15) is 0 Å². The second-order valence-electron chi connectivity index (χ2n) is 5.58. The van der Waals surface area contributed by atoms with E-state index >= 15 is 0 Å². The van der Waals surface area contributed by atoms with E-state index in [1.807, 2.05) is 33.8 Å². The van der Waals surface area contributed by atoms with Crippen LogP contribution in [0.1, 0.15) is 32.9 Å². The predicted molar refractivity (Wildman–Crippen MR) is 71.7 cm³/mol. The molecule has 1 saturated heterocycles. The number of carbonyl (C=O) groups is 1. The molecule has 6 nitrogen and oxygen atoms in total. The summed E-state index contributed by atoms with van der Waals surface area (Å²) >= 11 is 0. The van der Waals surface area contributed by atoms with E-state index in [4.69, 9.17) is 4.74 Å². The van der Waals surface area contributed by atoms with Crippen LogP contribution in [0, 0.1) is 6.92 Å². The molecule has 19 heavy (non-hydrogen) atoms. The number of nitrogens with zero attached hydrogens (tertiary/aromatic N) is 4. The quantitative estimate of drug-likeness (QED) is 0.778. The second kappa shape index (κ2) is 5.03. The summed E-state index contributed by atoms with van der Waals surface area (Å²) in [5.41, 5.74) is 0.375. The van der Waals surface area contributed by atoms with E-state index in [2.05, 4.69) is 9.97 Å². The summed E-state index contributed by atoms with van der Waals surface area (Å²) in [6.45, 7) is 8.82. The molecule has 1 aromatic heterocycles. The highest BCUT2D eigenvalue weighted by Crippen LogP contribution is 2.20. The Labute approximate surface area is 113 Å². The molecule has 0 saturated carbocycles. The lowest BCUT2D eigenvalue weighted by Crippen LogP contribution is -2.45.